The van der Waals surface area contributed by atoms with Crippen molar-refractivity contribution in [1.82, 2.24) is 10.2 Å². The van der Waals surface area contributed by atoms with Gasteiger partial charge in [-0.2, -0.15) is 0 Å². The molecule has 0 radical (unpaired) electrons. The molecule has 0 spiro atoms. The van der Waals surface area contributed by atoms with Gasteiger partial charge in [-0.25, -0.2) is 4.79 Å². The minimum absolute atomic E-state index is 0.00958. The number of nitrogens with zero attached hydrogens (tertiary/aromatic N) is 1. The molecular formula is C33H54N2O9. The molecule has 0 aromatic heterocycles. The second-order valence-electron chi connectivity index (χ2n) is 13.3. The summed E-state index contributed by atoms with van der Waals surface area (Å²) in [5, 5.41) is 46.1. The Hall–Kier alpha value is -2.28. The summed E-state index contributed by atoms with van der Waals surface area (Å²) in [5.41, 5.74) is -1.93. The standard InChI is InChI=1S/C33H54N2O9/c1-7-25(37)23(4)30-26(42-30)20-32(5,40)13-8-9-21(2)29-22(3)10-11-27(43-31(39)35-17-15-34-16-18-35)33(6,41)14-12-24(36)19-28(38)44-29/h8-11,13,22-27,29-30,34,36-37,40-41H,7,12,14-20H2,1-6H3/b11-10+,13-8+,21-9+/t22-,23+,24+,25-,26+,27-,29+,30+,32-,33+/m0/s1. The van der Waals surface area contributed by atoms with E-state index in [0.717, 1.165) is 0 Å². The number of esters is 1. The molecule has 3 aliphatic heterocycles. The molecule has 3 aliphatic rings. The Morgan fingerprint density at radius 3 is 2.66 bits per heavy atom. The summed E-state index contributed by atoms with van der Waals surface area (Å²) in [7, 11) is 0. The number of cyclic esters (lactones) is 1. The smallest absolute Gasteiger partial charge is 0.410 e. The number of hydrogen-bond donors (Lipinski definition) is 5. The van der Waals surface area contributed by atoms with Gasteiger partial charge in [-0.1, -0.05) is 45.1 Å². The van der Waals surface area contributed by atoms with Crippen LogP contribution < -0.4 is 5.32 Å². The van der Waals surface area contributed by atoms with E-state index in [1.807, 2.05) is 27.7 Å². The molecule has 0 saturated carbocycles. The van der Waals surface area contributed by atoms with E-state index in [9.17, 15) is 30.0 Å². The van der Waals surface area contributed by atoms with Crippen LogP contribution in [0.3, 0.4) is 0 Å². The maximum absolute atomic E-state index is 12.9. The van der Waals surface area contributed by atoms with Crippen LogP contribution in [-0.2, 0) is 19.0 Å². The normalized spacial score (nSPS) is 35.9. The van der Waals surface area contributed by atoms with Gasteiger partial charge in [0.2, 0.25) is 0 Å². The Kier molecular flexibility index (Phi) is 13.0. The fourth-order valence-electron chi connectivity index (χ4n) is 5.83. The van der Waals surface area contributed by atoms with E-state index in [2.05, 4.69) is 5.32 Å². The predicted octanol–water partition coefficient (Wildman–Crippen LogP) is 2.61. The van der Waals surface area contributed by atoms with Crippen LogP contribution in [0.5, 0.6) is 0 Å². The zero-order valence-electron chi connectivity index (χ0n) is 27.1. The molecule has 0 aromatic rings. The molecule has 11 heteroatoms. The van der Waals surface area contributed by atoms with Gasteiger partial charge < -0.3 is 44.9 Å². The topological polar surface area (TPSA) is 161 Å². The number of epoxide rings is 1. The van der Waals surface area contributed by atoms with Crippen molar-refractivity contribution in [3.05, 3.63) is 36.0 Å². The van der Waals surface area contributed by atoms with E-state index in [1.165, 1.54) is 0 Å². The van der Waals surface area contributed by atoms with Crippen molar-refractivity contribution < 1.29 is 44.2 Å². The largest absolute Gasteiger partial charge is 0.457 e. The van der Waals surface area contributed by atoms with Crippen molar-refractivity contribution in [2.24, 2.45) is 11.8 Å². The van der Waals surface area contributed by atoms with Gasteiger partial charge >= 0.3 is 12.1 Å². The highest BCUT2D eigenvalue weighted by molar-refractivity contribution is 5.70. The van der Waals surface area contributed by atoms with Crippen molar-refractivity contribution in [3.8, 4) is 0 Å². The summed E-state index contributed by atoms with van der Waals surface area (Å²) in [5.74, 6) is -0.942. The van der Waals surface area contributed by atoms with Crippen molar-refractivity contribution in [3.63, 3.8) is 0 Å². The summed E-state index contributed by atoms with van der Waals surface area (Å²) < 4.78 is 17.3. The molecule has 5 N–H and O–H groups in total. The third-order valence-electron chi connectivity index (χ3n) is 8.97. The first-order valence-corrected chi connectivity index (χ1v) is 16.0. The van der Waals surface area contributed by atoms with Crippen molar-refractivity contribution in [2.45, 2.75) is 121 Å². The summed E-state index contributed by atoms with van der Waals surface area (Å²) >= 11 is 0. The molecule has 2 fully saturated rings. The molecule has 3 heterocycles. The molecule has 250 valence electrons. The van der Waals surface area contributed by atoms with Gasteiger partial charge in [0.15, 0.2) is 6.10 Å². The van der Waals surface area contributed by atoms with Crippen molar-refractivity contribution >= 4 is 12.1 Å². The van der Waals surface area contributed by atoms with Crippen LogP contribution in [0.15, 0.2) is 36.0 Å². The highest BCUT2D eigenvalue weighted by Gasteiger charge is 2.47. The number of aliphatic hydroxyl groups excluding tert-OH is 2. The molecule has 3 rings (SSSR count). The zero-order chi connectivity index (χ0) is 32.7. The van der Waals surface area contributed by atoms with Crippen molar-refractivity contribution in [1.29, 1.82) is 0 Å². The van der Waals surface area contributed by atoms with E-state index in [0.29, 0.717) is 44.6 Å². The van der Waals surface area contributed by atoms with Gasteiger partial charge in [-0.3, -0.25) is 4.79 Å². The average molecular weight is 623 g/mol. The van der Waals surface area contributed by atoms with E-state index >= 15 is 0 Å². The highest BCUT2D eigenvalue weighted by Crippen LogP contribution is 2.37. The third kappa shape index (κ3) is 10.7. The van der Waals surface area contributed by atoms with Crippen LogP contribution >= 0.6 is 0 Å². The van der Waals surface area contributed by atoms with Gasteiger partial charge in [0.1, 0.15) is 11.7 Å². The van der Waals surface area contributed by atoms with Crippen LogP contribution in [0.4, 0.5) is 4.79 Å². The second kappa shape index (κ2) is 15.8. The fourth-order valence-corrected chi connectivity index (χ4v) is 5.83. The van der Waals surface area contributed by atoms with E-state index in [4.69, 9.17) is 14.2 Å². The molecule has 0 aliphatic carbocycles. The Balaban J connectivity index is 1.74. The van der Waals surface area contributed by atoms with Crippen LogP contribution in [-0.4, -0.2) is 111 Å². The number of amides is 1. The lowest BCUT2D eigenvalue weighted by Crippen LogP contribution is -2.50. The predicted molar refractivity (Wildman–Crippen MR) is 166 cm³/mol. The molecule has 11 nitrogen and oxygen atoms in total. The third-order valence-corrected chi connectivity index (χ3v) is 8.97. The minimum Gasteiger partial charge on any atom is -0.457 e. The van der Waals surface area contributed by atoms with Crippen LogP contribution in [0.1, 0.15) is 73.6 Å². The number of carbonyl (C=O) groups is 2. The lowest BCUT2D eigenvalue weighted by molar-refractivity contribution is -0.151. The Morgan fingerprint density at radius 2 is 2.00 bits per heavy atom. The number of ether oxygens (including phenoxy) is 3. The zero-order valence-corrected chi connectivity index (χ0v) is 27.1. The van der Waals surface area contributed by atoms with Gasteiger partial charge in [0.25, 0.3) is 0 Å². The van der Waals surface area contributed by atoms with Crippen molar-refractivity contribution in [2.75, 3.05) is 26.2 Å². The maximum atomic E-state index is 12.9. The molecule has 2 saturated heterocycles. The SMILES string of the molecule is CC[C@H](O)[C@@H](C)[C@H]1O[C@@H]1C[C@@](C)(O)/C=C/C=C(\C)[C@H]1OC(=O)C[C@H](O)CC[C@@](C)(O)[C@@H](OC(=O)N2CCNCC2)/C=C/[C@@H]1C. The van der Waals surface area contributed by atoms with Crippen LogP contribution in [0.25, 0.3) is 0 Å². The number of carbonyl (C=O) groups excluding carboxylic acids is 2. The van der Waals surface area contributed by atoms with E-state index in [-0.39, 0.29) is 43.3 Å². The van der Waals surface area contributed by atoms with Gasteiger partial charge in [0, 0.05) is 44.4 Å². The first-order valence-electron chi connectivity index (χ1n) is 16.0. The molecule has 1 amide bonds. The lowest BCUT2D eigenvalue weighted by atomic mass is 9.88. The minimum atomic E-state index is -1.48. The van der Waals surface area contributed by atoms with E-state index < -0.39 is 47.7 Å². The monoisotopic (exact) mass is 622 g/mol. The number of allylic oxidation sites excluding steroid dienone is 2. The van der Waals surface area contributed by atoms with Crippen LogP contribution in [0.2, 0.25) is 0 Å². The van der Waals surface area contributed by atoms with E-state index in [1.54, 1.807) is 49.1 Å². The number of rotatable bonds is 9. The number of hydrogen-bond acceptors (Lipinski definition) is 10. The highest BCUT2D eigenvalue weighted by atomic mass is 16.6. The summed E-state index contributed by atoms with van der Waals surface area (Å²) in [4.78, 5) is 27.3. The molecule has 10 atom stereocenters. The average Bonchev–Trinajstić information content (AvgIpc) is 3.73. The molecule has 0 bridgehead atoms. The van der Waals surface area contributed by atoms with Gasteiger partial charge in [-0.15, -0.1) is 0 Å². The molecule has 0 unspecified atom stereocenters. The Bertz CT molecular complexity index is 1050. The Morgan fingerprint density at radius 1 is 1.32 bits per heavy atom. The maximum Gasteiger partial charge on any atom is 0.410 e. The molecular weight excluding hydrogens is 568 g/mol. The summed E-state index contributed by atoms with van der Waals surface area (Å²) in [6.45, 7) is 13.1. The second-order valence-corrected chi connectivity index (χ2v) is 13.3. The Labute approximate surface area is 261 Å². The first kappa shape index (κ1) is 36.2. The quantitative estimate of drug-likeness (QED) is 0.112. The number of aliphatic hydroxyl groups is 4. The number of piperazine rings is 1. The summed E-state index contributed by atoms with van der Waals surface area (Å²) in [6, 6.07) is 0. The molecule has 44 heavy (non-hydrogen) atoms. The van der Waals surface area contributed by atoms with Gasteiger partial charge in [-0.05, 0) is 51.7 Å². The summed E-state index contributed by atoms with van der Waals surface area (Å²) in [6.07, 6.45) is 5.68. The first-order chi connectivity index (χ1) is 20.6. The van der Waals surface area contributed by atoms with Crippen LogP contribution in [0, 0.1) is 11.8 Å². The lowest BCUT2D eigenvalue weighted by Gasteiger charge is -2.35. The molecule has 0 aromatic carbocycles. The fraction of sp³-hybridized carbons (Fsp3) is 0.758. The van der Waals surface area contributed by atoms with Gasteiger partial charge in [0.05, 0.1) is 36.4 Å². The number of nitrogens with one attached hydrogen (secondary N) is 1.